The van der Waals surface area contributed by atoms with E-state index in [9.17, 15) is 9.59 Å². The van der Waals surface area contributed by atoms with Gasteiger partial charge in [0.1, 0.15) is 0 Å². The molecular weight excluding hydrogens is 324 g/mol. The summed E-state index contributed by atoms with van der Waals surface area (Å²) in [6.45, 7) is 0. The van der Waals surface area contributed by atoms with Gasteiger partial charge in [-0.25, -0.2) is 0 Å². The minimum absolute atomic E-state index is 0.321. The third-order valence-corrected chi connectivity index (χ3v) is 4.11. The first-order valence-electron chi connectivity index (χ1n) is 8.51. The number of nitrogens with one attached hydrogen (secondary N) is 2. The molecule has 0 aromatic heterocycles. The van der Waals surface area contributed by atoms with Gasteiger partial charge in [-0.3, -0.25) is 20.4 Å². The molecule has 0 unspecified atom stereocenters. The summed E-state index contributed by atoms with van der Waals surface area (Å²) in [4.78, 5) is 24.5. The molecule has 3 aromatic carbocycles. The van der Waals surface area contributed by atoms with Crippen molar-refractivity contribution < 1.29 is 9.59 Å². The maximum atomic E-state index is 12.5. The lowest BCUT2D eigenvalue weighted by molar-refractivity contribution is 0.0846. The van der Waals surface area contributed by atoms with Crippen molar-refractivity contribution in [1.29, 1.82) is 0 Å². The lowest BCUT2D eigenvalue weighted by Gasteiger charge is -2.11. The van der Waals surface area contributed by atoms with Gasteiger partial charge < -0.3 is 0 Å². The standard InChI is InChI=1S/C22H20N2O2/c25-21(19-12-5-2-6-13-19)23-24-22(26)20-14-8-7-11-18(20)16-15-17-9-3-1-4-10-17/h1-14H,15-16H2,(H,23,25)(H,24,26). The molecule has 0 saturated carbocycles. The second kappa shape index (κ2) is 8.62. The number of hydrogen-bond acceptors (Lipinski definition) is 2. The quantitative estimate of drug-likeness (QED) is 0.696. The third kappa shape index (κ3) is 4.57. The van der Waals surface area contributed by atoms with Gasteiger partial charge in [0, 0.05) is 11.1 Å². The Morgan fingerprint density at radius 2 is 1.19 bits per heavy atom. The van der Waals surface area contributed by atoms with Gasteiger partial charge in [-0.2, -0.15) is 0 Å². The fourth-order valence-electron chi connectivity index (χ4n) is 2.73. The van der Waals surface area contributed by atoms with Gasteiger partial charge in [-0.05, 0) is 42.2 Å². The smallest absolute Gasteiger partial charge is 0.267 e. The molecule has 3 aromatic rings. The maximum Gasteiger partial charge on any atom is 0.269 e. The van der Waals surface area contributed by atoms with E-state index in [-0.39, 0.29) is 11.8 Å². The average Bonchev–Trinajstić information content (AvgIpc) is 2.72. The number of hydrogen-bond donors (Lipinski definition) is 2. The van der Waals surface area contributed by atoms with Crippen LogP contribution in [0.1, 0.15) is 31.8 Å². The number of carbonyl (C=O) groups excluding carboxylic acids is 2. The summed E-state index contributed by atoms with van der Waals surface area (Å²) in [5.41, 5.74) is 8.18. The maximum absolute atomic E-state index is 12.5. The number of amides is 2. The Bertz CT molecular complexity index is 877. The Morgan fingerprint density at radius 3 is 1.92 bits per heavy atom. The molecular formula is C22H20N2O2. The van der Waals surface area contributed by atoms with E-state index in [2.05, 4.69) is 23.0 Å². The Kier molecular flexibility index (Phi) is 5.78. The fraction of sp³-hybridized carbons (Fsp3) is 0.0909. The molecule has 0 atom stereocenters. The van der Waals surface area contributed by atoms with Crippen molar-refractivity contribution in [2.75, 3.05) is 0 Å². The molecule has 0 saturated heterocycles. The van der Waals surface area contributed by atoms with Crippen molar-refractivity contribution >= 4 is 11.8 Å². The van der Waals surface area contributed by atoms with Crippen LogP contribution in [0.5, 0.6) is 0 Å². The third-order valence-electron chi connectivity index (χ3n) is 4.11. The Labute approximate surface area is 152 Å². The van der Waals surface area contributed by atoms with Crippen LogP contribution in [0, 0.1) is 0 Å². The van der Waals surface area contributed by atoms with Crippen LogP contribution in [0.15, 0.2) is 84.9 Å². The van der Waals surface area contributed by atoms with E-state index < -0.39 is 0 Å². The average molecular weight is 344 g/mol. The first-order chi connectivity index (χ1) is 12.7. The van der Waals surface area contributed by atoms with Crippen LogP contribution in [-0.2, 0) is 12.8 Å². The number of benzene rings is 3. The molecule has 0 radical (unpaired) electrons. The van der Waals surface area contributed by atoms with E-state index in [1.54, 1.807) is 30.3 Å². The molecule has 0 aliphatic heterocycles. The van der Waals surface area contributed by atoms with Crippen molar-refractivity contribution in [3.8, 4) is 0 Å². The van der Waals surface area contributed by atoms with Gasteiger partial charge in [0.2, 0.25) is 0 Å². The summed E-state index contributed by atoms with van der Waals surface area (Å²) in [5, 5.41) is 0. The molecule has 130 valence electrons. The monoisotopic (exact) mass is 344 g/mol. The summed E-state index contributed by atoms with van der Waals surface area (Å²) < 4.78 is 0. The molecule has 3 rings (SSSR count). The zero-order chi connectivity index (χ0) is 18.2. The van der Waals surface area contributed by atoms with E-state index >= 15 is 0 Å². The van der Waals surface area contributed by atoms with Crippen molar-refractivity contribution in [2.24, 2.45) is 0 Å². The Morgan fingerprint density at radius 1 is 0.615 bits per heavy atom. The predicted octanol–water partition coefficient (Wildman–Crippen LogP) is 3.55. The SMILES string of the molecule is O=C(NNC(=O)c1ccccc1CCc1ccccc1)c1ccccc1. The summed E-state index contributed by atoms with van der Waals surface area (Å²) in [5.74, 6) is -0.668. The number of rotatable bonds is 5. The van der Waals surface area contributed by atoms with Crippen LogP contribution in [-0.4, -0.2) is 11.8 Å². The van der Waals surface area contributed by atoms with Gasteiger partial charge in [0.25, 0.3) is 11.8 Å². The topological polar surface area (TPSA) is 58.2 Å². The molecule has 2 N–H and O–H groups in total. The Balaban J connectivity index is 1.63. The van der Waals surface area contributed by atoms with Crippen LogP contribution in [0.2, 0.25) is 0 Å². The fourth-order valence-corrected chi connectivity index (χ4v) is 2.73. The highest BCUT2D eigenvalue weighted by Crippen LogP contribution is 2.12. The van der Waals surface area contributed by atoms with E-state index in [4.69, 9.17) is 0 Å². The highest BCUT2D eigenvalue weighted by molar-refractivity contribution is 5.99. The molecule has 4 heteroatoms. The minimum atomic E-state index is -0.347. The predicted molar refractivity (Wildman–Crippen MR) is 102 cm³/mol. The normalized spacial score (nSPS) is 10.2. The van der Waals surface area contributed by atoms with Gasteiger partial charge in [0.15, 0.2) is 0 Å². The molecule has 0 aliphatic rings. The summed E-state index contributed by atoms with van der Waals surface area (Å²) in [6, 6.07) is 26.3. The van der Waals surface area contributed by atoms with E-state index in [1.807, 2.05) is 42.5 Å². The van der Waals surface area contributed by atoms with E-state index in [0.29, 0.717) is 11.1 Å². The van der Waals surface area contributed by atoms with Crippen LogP contribution < -0.4 is 10.9 Å². The largest absolute Gasteiger partial charge is 0.269 e. The van der Waals surface area contributed by atoms with Crippen molar-refractivity contribution in [3.05, 3.63) is 107 Å². The number of hydrazine groups is 1. The van der Waals surface area contributed by atoms with Gasteiger partial charge in [-0.1, -0.05) is 66.7 Å². The summed E-state index contributed by atoms with van der Waals surface area (Å²) >= 11 is 0. The second-order valence-electron chi connectivity index (χ2n) is 5.92. The minimum Gasteiger partial charge on any atom is -0.267 e. The summed E-state index contributed by atoms with van der Waals surface area (Å²) in [6.07, 6.45) is 1.60. The number of aryl methyl sites for hydroxylation is 2. The molecule has 0 heterocycles. The van der Waals surface area contributed by atoms with E-state index in [0.717, 1.165) is 18.4 Å². The van der Waals surface area contributed by atoms with Gasteiger partial charge >= 0.3 is 0 Å². The van der Waals surface area contributed by atoms with Crippen LogP contribution >= 0.6 is 0 Å². The molecule has 0 fully saturated rings. The molecule has 26 heavy (non-hydrogen) atoms. The molecule has 4 nitrogen and oxygen atoms in total. The van der Waals surface area contributed by atoms with Crippen LogP contribution in [0.4, 0.5) is 0 Å². The second-order valence-corrected chi connectivity index (χ2v) is 5.92. The zero-order valence-electron chi connectivity index (χ0n) is 14.3. The lowest BCUT2D eigenvalue weighted by Crippen LogP contribution is -2.41. The van der Waals surface area contributed by atoms with Crippen LogP contribution in [0.25, 0.3) is 0 Å². The Hall–Kier alpha value is -3.40. The lowest BCUT2D eigenvalue weighted by atomic mass is 9.99. The van der Waals surface area contributed by atoms with E-state index in [1.165, 1.54) is 5.56 Å². The number of carbonyl (C=O) groups is 2. The van der Waals surface area contributed by atoms with Crippen molar-refractivity contribution in [3.63, 3.8) is 0 Å². The van der Waals surface area contributed by atoms with Gasteiger partial charge in [0.05, 0.1) is 0 Å². The summed E-state index contributed by atoms with van der Waals surface area (Å²) in [7, 11) is 0. The van der Waals surface area contributed by atoms with Crippen molar-refractivity contribution in [2.45, 2.75) is 12.8 Å². The highest BCUT2D eigenvalue weighted by atomic mass is 16.2. The van der Waals surface area contributed by atoms with Gasteiger partial charge in [-0.15, -0.1) is 0 Å². The molecule has 0 bridgehead atoms. The highest BCUT2D eigenvalue weighted by Gasteiger charge is 2.12. The van der Waals surface area contributed by atoms with Crippen LogP contribution in [0.3, 0.4) is 0 Å². The zero-order valence-corrected chi connectivity index (χ0v) is 14.3. The molecule has 0 aliphatic carbocycles. The molecule has 0 spiro atoms. The first kappa shape index (κ1) is 17.4. The van der Waals surface area contributed by atoms with Crippen molar-refractivity contribution in [1.82, 2.24) is 10.9 Å². The first-order valence-corrected chi connectivity index (χ1v) is 8.51. The molecule has 2 amide bonds.